The second kappa shape index (κ2) is 8.25. The zero-order chi connectivity index (χ0) is 23.1. The van der Waals surface area contributed by atoms with Gasteiger partial charge in [0.2, 0.25) is 0 Å². The van der Waals surface area contributed by atoms with Crippen LogP contribution in [-0.2, 0) is 21.5 Å². The number of ether oxygens (including phenoxy) is 1. The smallest absolute Gasteiger partial charge is 0.410 e. The third kappa shape index (κ3) is 4.81. The van der Waals surface area contributed by atoms with E-state index in [1.807, 2.05) is 26.8 Å². The minimum atomic E-state index is -3.71. The number of likely N-dealkylation sites (tertiary alicyclic amines) is 1. The fourth-order valence-corrected chi connectivity index (χ4v) is 4.94. The van der Waals surface area contributed by atoms with Crippen LogP contribution in [0.3, 0.4) is 0 Å². The van der Waals surface area contributed by atoms with Crippen LogP contribution in [0, 0.1) is 0 Å². The molecule has 3 heterocycles. The van der Waals surface area contributed by atoms with Crippen LogP contribution in [0.15, 0.2) is 30.3 Å². The first-order valence-corrected chi connectivity index (χ1v) is 12.1. The average molecular weight is 461 g/mol. The third-order valence-electron chi connectivity index (χ3n) is 5.52. The Morgan fingerprint density at radius 1 is 1.28 bits per heavy atom. The summed E-state index contributed by atoms with van der Waals surface area (Å²) in [5.41, 5.74) is 2.04. The van der Waals surface area contributed by atoms with Crippen molar-refractivity contribution in [2.75, 3.05) is 17.8 Å². The summed E-state index contributed by atoms with van der Waals surface area (Å²) in [6.07, 6.45) is 1.28. The maximum Gasteiger partial charge on any atom is 0.410 e. The van der Waals surface area contributed by atoms with Crippen LogP contribution in [0.25, 0.3) is 11.3 Å². The van der Waals surface area contributed by atoms with Crippen molar-refractivity contribution < 1.29 is 23.1 Å². The molecule has 4 rings (SSSR count). The number of hydrogen-bond donors (Lipinski definition) is 3. The number of aromatic hydroxyl groups is 1. The molecule has 172 valence electrons. The van der Waals surface area contributed by atoms with Gasteiger partial charge in [0, 0.05) is 36.7 Å². The summed E-state index contributed by atoms with van der Waals surface area (Å²) < 4.78 is 34.7. The van der Waals surface area contributed by atoms with Crippen molar-refractivity contribution in [2.24, 2.45) is 0 Å². The summed E-state index contributed by atoms with van der Waals surface area (Å²) in [6, 6.07) is 8.68. The topological polar surface area (TPSA) is 121 Å². The maximum absolute atomic E-state index is 12.7. The highest BCUT2D eigenvalue weighted by atomic mass is 32.2. The lowest BCUT2D eigenvalue weighted by molar-refractivity contribution is 0.0198. The molecule has 32 heavy (non-hydrogen) atoms. The molecule has 0 aliphatic carbocycles. The van der Waals surface area contributed by atoms with E-state index in [1.54, 1.807) is 29.2 Å². The largest absolute Gasteiger partial charge is 0.507 e. The lowest BCUT2D eigenvalue weighted by Gasteiger charge is -2.35. The second-order valence-electron chi connectivity index (χ2n) is 9.13. The number of pyridine rings is 1. The fourth-order valence-electron chi connectivity index (χ4n) is 4.11. The van der Waals surface area contributed by atoms with E-state index >= 15 is 0 Å². The summed E-state index contributed by atoms with van der Waals surface area (Å²) in [5.74, 6) is 0.276. The normalized spacial score (nSPS) is 20.2. The summed E-state index contributed by atoms with van der Waals surface area (Å²) in [5, 5.41) is 10.3. The number of hydrogen-bond acceptors (Lipinski definition) is 6. The zero-order valence-corrected chi connectivity index (χ0v) is 19.2. The van der Waals surface area contributed by atoms with E-state index in [0.29, 0.717) is 24.3 Å². The van der Waals surface area contributed by atoms with Gasteiger partial charge in [0.25, 0.3) is 0 Å². The summed E-state index contributed by atoms with van der Waals surface area (Å²) >= 11 is 0. The lowest BCUT2D eigenvalue weighted by atomic mass is 9.87. The van der Waals surface area contributed by atoms with E-state index in [2.05, 4.69) is 14.4 Å². The molecule has 10 heteroatoms. The molecule has 2 aromatic rings. The zero-order valence-electron chi connectivity index (χ0n) is 18.4. The first-order valence-electron chi connectivity index (χ1n) is 10.6. The number of phenols is 1. The molecule has 1 saturated heterocycles. The van der Waals surface area contributed by atoms with Crippen molar-refractivity contribution in [1.29, 1.82) is 0 Å². The van der Waals surface area contributed by atoms with Crippen LogP contribution in [0.5, 0.6) is 5.75 Å². The highest BCUT2D eigenvalue weighted by molar-refractivity contribution is 7.90. The van der Waals surface area contributed by atoms with Crippen LogP contribution in [-0.4, -0.2) is 48.2 Å². The SMILES string of the molecule is CC(C)(C)OC(=O)N1CCCC(c2cc(-c3ccccc3O)nc3c2CNS(=O)(=O)N3)C1. The van der Waals surface area contributed by atoms with Crippen molar-refractivity contribution in [3.63, 3.8) is 0 Å². The Morgan fingerprint density at radius 3 is 2.75 bits per heavy atom. The molecule has 1 atom stereocenters. The van der Waals surface area contributed by atoms with Crippen LogP contribution in [0.1, 0.15) is 50.7 Å². The second-order valence-corrected chi connectivity index (χ2v) is 10.6. The maximum atomic E-state index is 12.7. The van der Waals surface area contributed by atoms with Gasteiger partial charge in [-0.3, -0.25) is 4.72 Å². The molecule has 2 aliphatic rings. The van der Waals surface area contributed by atoms with Crippen molar-refractivity contribution in [3.8, 4) is 17.0 Å². The van der Waals surface area contributed by atoms with Gasteiger partial charge in [0.15, 0.2) is 0 Å². The van der Waals surface area contributed by atoms with E-state index in [-0.39, 0.29) is 30.1 Å². The molecule has 1 unspecified atom stereocenters. The van der Waals surface area contributed by atoms with E-state index < -0.39 is 15.8 Å². The molecule has 0 bridgehead atoms. The molecule has 0 radical (unpaired) electrons. The van der Waals surface area contributed by atoms with Crippen molar-refractivity contribution >= 4 is 22.1 Å². The summed E-state index contributed by atoms with van der Waals surface area (Å²) in [7, 11) is -3.71. The number of anilines is 1. The fraction of sp³-hybridized carbons (Fsp3) is 0.455. The van der Waals surface area contributed by atoms with Crippen LogP contribution < -0.4 is 9.44 Å². The molecule has 1 amide bonds. The van der Waals surface area contributed by atoms with Gasteiger partial charge in [-0.25, -0.2) is 9.78 Å². The molecular formula is C22H28N4O5S. The number of nitrogens with one attached hydrogen (secondary N) is 2. The van der Waals surface area contributed by atoms with Crippen LogP contribution in [0.2, 0.25) is 0 Å². The Morgan fingerprint density at radius 2 is 2.03 bits per heavy atom. The number of phenolic OH excluding ortho intramolecular Hbond substituents is 1. The minimum Gasteiger partial charge on any atom is -0.507 e. The Bertz CT molecular complexity index is 1140. The van der Waals surface area contributed by atoms with Gasteiger partial charge in [0.1, 0.15) is 17.2 Å². The quantitative estimate of drug-likeness (QED) is 0.632. The van der Waals surface area contributed by atoms with Gasteiger partial charge < -0.3 is 14.7 Å². The van der Waals surface area contributed by atoms with Crippen LogP contribution in [0.4, 0.5) is 10.6 Å². The molecule has 1 aromatic heterocycles. The summed E-state index contributed by atoms with van der Waals surface area (Å²) in [6.45, 7) is 6.68. The monoisotopic (exact) mass is 460 g/mol. The number of nitrogens with zero attached hydrogens (tertiary/aromatic N) is 2. The molecule has 0 spiro atoms. The lowest BCUT2D eigenvalue weighted by Crippen LogP contribution is -2.43. The van der Waals surface area contributed by atoms with Crippen molar-refractivity contribution in [1.82, 2.24) is 14.6 Å². The van der Waals surface area contributed by atoms with Crippen molar-refractivity contribution in [3.05, 3.63) is 41.5 Å². The predicted octanol–water partition coefficient (Wildman–Crippen LogP) is 3.33. The Balaban J connectivity index is 1.73. The molecule has 1 fully saturated rings. The highest BCUT2D eigenvalue weighted by Gasteiger charge is 2.32. The Labute approximate surface area is 188 Å². The summed E-state index contributed by atoms with van der Waals surface area (Å²) in [4.78, 5) is 18.9. The Kier molecular flexibility index (Phi) is 5.76. The van der Waals surface area contributed by atoms with E-state index in [4.69, 9.17) is 4.74 Å². The van der Waals surface area contributed by atoms with E-state index in [1.165, 1.54) is 0 Å². The third-order valence-corrected chi connectivity index (χ3v) is 6.51. The molecule has 1 aromatic carbocycles. The van der Waals surface area contributed by atoms with Crippen molar-refractivity contribution in [2.45, 2.75) is 51.7 Å². The van der Waals surface area contributed by atoms with Crippen LogP contribution >= 0.6 is 0 Å². The number of benzene rings is 1. The highest BCUT2D eigenvalue weighted by Crippen LogP contribution is 2.38. The number of amides is 1. The number of fused-ring (bicyclic) bond motifs is 1. The van der Waals surface area contributed by atoms with E-state index in [0.717, 1.165) is 24.0 Å². The Hall–Kier alpha value is -2.85. The number of para-hydroxylation sites is 1. The van der Waals surface area contributed by atoms with E-state index in [9.17, 15) is 18.3 Å². The molecule has 3 N–H and O–H groups in total. The first-order chi connectivity index (χ1) is 15.0. The van der Waals surface area contributed by atoms with Gasteiger partial charge in [-0.1, -0.05) is 12.1 Å². The molecule has 0 saturated carbocycles. The predicted molar refractivity (Wildman–Crippen MR) is 121 cm³/mol. The standard InChI is InChI=1S/C22H28N4O5S/c1-22(2,3)31-21(28)26-10-6-7-14(13-26)16-11-18(15-8-4-5-9-19(15)27)24-20-17(16)12-23-32(29,30)25-20/h4-5,8-9,11,14,23,27H,6-7,10,12-13H2,1-3H3,(H,24,25). The van der Waals surface area contributed by atoms with Gasteiger partial charge >= 0.3 is 16.3 Å². The number of piperidine rings is 1. The van der Waals surface area contributed by atoms with Gasteiger partial charge in [-0.05, 0) is 57.4 Å². The van der Waals surface area contributed by atoms with Gasteiger partial charge in [-0.15, -0.1) is 0 Å². The number of carbonyl (C=O) groups excluding carboxylic acids is 1. The first kappa shape index (κ1) is 22.3. The molecule has 2 aliphatic heterocycles. The van der Waals surface area contributed by atoms with Gasteiger partial charge in [-0.2, -0.15) is 13.1 Å². The molecular weight excluding hydrogens is 432 g/mol. The number of carbonyl (C=O) groups is 1. The number of aromatic nitrogens is 1. The average Bonchev–Trinajstić information content (AvgIpc) is 2.71. The minimum absolute atomic E-state index is 0.0259. The number of rotatable bonds is 2. The molecule has 9 nitrogen and oxygen atoms in total. The van der Waals surface area contributed by atoms with Gasteiger partial charge in [0.05, 0.1) is 5.69 Å².